The zero-order chi connectivity index (χ0) is 18.2. The summed E-state index contributed by atoms with van der Waals surface area (Å²) < 4.78 is 0. The molecule has 0 aromatic heterocycles. The summed E-state index contributed by atoms with van der Waals surface area (Å²) in [5.74, 6) is 0.427. The van der Waals surface area contributed by atoms with Gasteiger partial charge in [0.1, 0.15) is 0 Å². The summed E-state index contributed by atoms with van der Waals surface area (Å²) in [5, 5.41) is 29.1. The lowest BCUT2D eigenvalue weighted by Crippen LogP contribution is -2.17. The van der Waals surface area contributed by atoms with Crippen molar-refractivity contribution in [3.8, 4) is 0 Å². The van der Waals surface area contributed by atoms with E-state index in [1.807, 2.05) is 6.08 Å². The van der Waals surface area contributed by atoms with Crippen molar-refractivity contribution in [2.75, 3.05) is 0 Å². The van der Waals surface area contributed by atoms with Crippen LogP contribution in [0.1, 0.15) is 71.1 Å². The minimum atomic E-state index is -0.729. The van der Waals surface area contributed by atoms with E-state index in [-0.39, 0.29) is 18.4 Å². The van der Waals surface area contributed by atoms with Crippen LogP contribution in [0.25, 0.3) is 0 Å². The standard InChI is InChI=1S/C21H34O4/c1-2-3-4-8-17(22)10-11-18-19-13-15(7-5-6-9-21(24)25)12-16(19)14-20(18)23/h7,10-11,16-20,22-23H,2-6,8-9,12-14H2,1H3,(H,24,25)/b11-10+,15-7+/t16-,17-,18+,19-,20-/m0/s1. The number of aliphatic carboxylic acids is 1. The van der Waals surface area contributed by atoms with Gasteiger partial charge >= 0.3 is 5.97 Å². The topological polar surface area (TPSA) is 77.8 Å². The molecule has 0 heterocycles. The molecule has 0 radical (unpaired) electrons. The fraction of sp³-hybridized carbons (Fsp3) is 0.762. The van der Waals surface area contributed by atoms with Crippen molar-refractivity contribution in [1.82, 2.24) is 0 Å². The first-order chi connectivity index (χ1) is 12.0. The van der Waals surface area contributed by atoms with Crippen LogP contribution in [0.3, 0.4) is 0 Å². The molecule has 2 aliphatic carbocycles. The number of carbonyl (C=O) groups is 1. The van der Waals surface area contributed by atoms with Crippen LogP contribution in [-0.4, -0.2) is 33.5 Å². The first kappa shape index (κ1) is 20.2. The number of carboxylic acid groups (broad SMARTS) is 1. The average molecular weight is 350 g/mol. The number of allylic oxidation sites excluding steroid dienone is 2. The van der Waals surface area contributed by atoms with Crippen LogP contribution in [0.15, 0.2) is 23.8 Å². The highest BCUT2D eigenvalue weighted by atomic mass is 16.4. The molecule has 0 unspecified atom stereocenters. The lowest BCUT2D eigenvalue weighted by atomic mass is 9.90. The molecule has 4 heteroatoms. The summed E-state index contributed by atoms with van der Waals surface area (Å²) >= 11 is 0. The number of carboxylic acids is 1. The minimum Gasteiger partial charge on any atom is -0.481 e. The smallest absolute Gasteiger partial charge is 0.303 e. The van der Waals surface area contributed by atoms with Crippen molar-refractivity contribution in [3.05, 3.63) is 23.8 Å². The first-order valence-electron chi connectivity index (χ1n) is 9.95. The molecule has 2 saturated carbocycles. The van der Waals surface area contributed by atoms with E-state index in [2.05, 4.69) is 19.1 Å². The number of hydrogen-bond donors (Lipinski definition) is 3. The molecule has 0 saturated heterocycles. The molecule has 0 bridgehead atoms. The number of hydrogen-bond acceptors (Lipinski definition) is 3. The van der Waals surface area contributed by atoms with Crippen molar-refractivity contribution in [2.45, 2.75) is 83.3 Å². The Morgan fingerprint density at radius 2 is 2.08 bits per heavy atom. The van der Waals surface area contributed by atoms with Crippen LogP contribution in [0.2, 0.25) is 0 Å². The van der Waals surface area contributed by atoms with Crippen molar-refractivity contribution in [1.29, 1.82) is 0 Å². The highest BCUT2D eigenvalue weighted by molar-refractivity contribution is 5.66. The van der Waals surface area contributed by atoms with Crippen LogP contribution >= 0.6 is 0 Å². The molecule has 0 aromatic rings. The maximum absolute atomic E-state index is 10.6. The van der Waals surface area contributed by atoms with E-state index in [9.17, 15) is 15.0 Å². The van der Waals surface area contributed by atoms with Gasteiger partial charge < -0.3 is 15.3 Å². The normalized spacial score (nSPS) is 31.7. The fourth-order valence-electron chi connectivity index (χ4n) is 4.46. The molecular formula is C21H34O4. The number of unbranched alkanes of at least 4 members (excludes halogenated alkanes) is 3. The predicted molar refractivity (Wildman–Crippen MR) is 99.2 cm³/mol. The van der Waals surface area contributed by atoms with Crippen molar-refractivity contribution < 1.29 is 20.1 Å². The molecular weight excluding hydrogens is 316 g/mol. The summed E-state index contributed by atoms with van der Waals surface area (Å²) in [6.07, 6.45) is 14.3. The largest absolute Gasteiger partial charge is 0.481 e. The Bertz CT molecular complexity index is 482. The quantitative estimate of drug-likeness (QED) is 0.410. The Balaban J connectivity index is 1.83. The van der Waals surface area contributed by atoms with Gasteiger partial charge in [-0.1, -0.05) is 50.0 Å². The molecule has 2 fully saturated rings. The number of rotatable bonds is 10. The zero-order valence-electron chi connectivity index (χ0n) is 15.4. The number of fused-ring (bicyclic) bond motifs is 1. The molecule has 0 aromatic carbocycles. The second kappa shape index (κ2) is 10.1. The summed E-state index contributed by atoms with van der Waals surface area (Å²) in [6, 6.07) is 0. The van der Waals surface area contributed by atoms with Gasteiger partial charge in [0, 0.05) is 12.3 Å². The maximum Gasteiger partial charge on any atom is 0.303 e. The zero-order valence-corrected chi connectivity index (χ0v) is 15.4. The molecule has 2 rings (SSSR count). The molecule has 5 atom stereocenters. The van der Waals surface area contributed by atoms with Crippen molar-refractivity contribution >= 4 is 5.97 Å². The monoisotopic (exact) mass is 350 g/mol. The van der Waals surface area contributed by atoms with Crippen LogP contribution < -0.4 is 0 Å². The third kappa shape index (κ3) is 6.27. The number of aliphatic hydroxyl groups is 2. The van der Waals surface area contributed by atoms with E-state index in [4.69, 9.17) is 5.11 Å². The lowest BCUT2D eigenvalue weighted by Gasteiger charge is -2.17. The van der Waals surface area contributed by atoms with Crippen LogP contribution in [0, 0.1) is 17.8 Å². The lowest BCUT2D eigenvalue weighted by molar-refractivity contribution is -0.137. The highest BCUT2D eigenvalue weighted by Gasteiger charge is 2.44. The molecule has 0 spiro atoms. The highest BCUT2D eigenvalue weighted by Crippen LogP contribution is 2.50. The molecule has 25 heavy (non-hydrogen) atoms. The van der Waals surface area contributed by atoms with Gasteiger partial charge in [0.2, 0.25) is 0 Å². The van der Waals surface area contributed by atoms with Gasteiger partial charge in [0.05, 0.1) is 12.2 Å². The van der Waals surface area contributed by atoms with Crippen LogP contribution in [-0.2, 0) is 4.79 Å². The van der Waals surface area contributed by atoms with Gasteiger partial charge in [-0.3, -0.25) is 4.79 Å². The molecule has 3 N–H and O–H groups in total. The molecule has 0 aliphatic heterocycles. The summed E-state index contributed by atoms with van der Waals surface area (Å²) in [6.45, 7) is 2.16. The summed E-state index contributed by atoms with van der Waals surface area (Å²) in [5.41, 5.74) is 1.43. The van der Waals surface area contributed by atoms with Crippen molar-refractivity contribution in [2.24, 2.45) is 17.8 Å². The molecule has 4 nitrogen and oxygen atoms in total. The van der Waals surface area contributed by atoms with Gasteiger partial charge in [-0.15, -0.1) is 0 Å². The number of aliphatic hydroxyl groups excluding tert-OH is 2. The second-order valence-corrected chi connectivity index (χ2v) is 7.81. The van der Waals surface area contributed by atoms with Gasteiger partial charge in [0.15, 0.2) is 0 Å². The van der Waals surface area contributed by atoms with Crippen LogP contribution in [0.4, 0.5) is 0 Å². The van der Waals surface area contributed by atoms with E-state index >= 15 is 0 Å². The van der Waals surface area contributed by atoms with E-state index in [0.717, 1.165) is 51.4 Å². The molecule has 142 valence electrons. The van der Waals surface area contributed by atoms with Gasteiger partial charge in [-0.2, -0.15) is 0 Å². The van der Waals surface area contributed by atoms with Crippen molar-refractivity contribution in [3.63, 3.8) is 0 Å². The third-order valence-electron chi connectivity index (χ3n) is 5.80. The minimum absolute atomic E-state index is 0.149. The Morgan fingerprint density at radius 1 is 1.28 bits per heavy atom. The molecule has 2 aliphatic rings. The van der Waals surface area contributed by atoms with Gasteiger partial charge in [-0.25, -0.2) is 0 Å². The van der Waals surface area contributed by atoms with E-state index in [1.165, 1.54) is 5.57 Å². The Morgan fingerprint density at radius 3 is 2.80 bits per heavy atom. The van der Waals surface area contributed by atoms with Gasteiger partial charge in [-0.05, 0) is 50.4 Å². The third-order valence-corrected chi connectivity index (χ3v) is 5.80. The molecule has 0 amide bonds. The van der Waals surface area contributed by atoms with Gasteiger partial charge in [0.25, 0.3) is 0 Å². The van der Waals surface area contributed by atoms with E-state index < -0.39 is 12.1 Å². The van der Waals surface area contributed by atoms with E-state index in [0.29, 0.717) is 18.3 Å². The Kier molecular flexibility index (Phi) is 8.17. The maximum atomic E-state index is 10.6. The SMILES string of the molecule is CCCCC[C@H](O)/C=C/[C@@H]1[C@H]2C/C(=C/CCCC(=O)O)C[C@H]2C[C@@H]1O. The Hall–Kier alpha value is -1.13. The Labute approximate surface area is 151 Å². The average Bonchev–Trinajstić information content (AvgIpc) is 3.06. The fourth-order valence-corrected chi connectivity index (χ4v) is 4.46. The van der Waals surface area contributed by atoms with Crippen LogP contribution in [0.5, 0.6) is 0 Å². The first-order valence-corrected chi connectivity index (χ1v) is 9.95. The van der Waals surface area contributed by atoms with E-state index in [1.54, 1.807) is 0 Å². The summed E-state index contributed by atoms with van der Waals surface area (Å²) in [7, 11) is 0. The predicted octanol–water partition coefficient (Wildman–Crippen LogP) is 4.07. The summed E-state index contributed by atoms with van der Waals surface area (Å²) in [4.78, 5) is 10.6. The second-order valence-electron chi connectivity index (χ2n) is 7.81.